The highest BCUT2D eigenvalue weighted by molar-refractivity contribution is 5.88. The van der Waals surface area contributed by atoms with Crippen molar-refractivity contribution < 1.29 is 10.5 Å². The molecular formula is C24H25N2O+. The Morgan fingerprint density at radius 1 is 0.778 bits per heavy atom. The van der Waals surface area contributed by atoms with Crippen molar-refractivity contribution in [2.75, 3.05) is 0 Å². The van der Waals surface area contributed by atoms with Crippen molar-refractivity contribution in [1.29, 1.82) is 0 Å². The minimum Gasteiger partial charge on any atom is -0.411 e. The summed E-state index contributed by atoms with van der Waals surface area (Å²) in [5.74, 6) is 0.166. The van der Waals surface area contributed by atoms with Crippen molar-refractivity contribution in [2.45, 2.75) is 24.9 Å². The Kier molecular flexibility index (Phi) is 5.31. The van der Waals surface area contributed by atoms with Crippen molar-refractivity contribution in [1.82, 2.24) is 0 Å². The van der Waals surface area contributed by atoms with Crippen molar-refractivity contribution in [3.63, 3.8) is 0 Å². The summed E-state index contributed by atoms with van der Waals surface area (Å²) >= 11 is 0. The van der Waals surface area contributed by atoms with Crippen LogP contribution in [0.3, 0.4) is 0 Å². The fourth-order valence-electron chi connectivity index (χ4n) is 4.21. The molecule has 3 N–H and O–H groups in total. The van der Waals surface area contributed by atoms with Crippen LogP contribution in [-0.4, -0.2) is 10.9 Å². The van der Waals surface area contributed by atoms with Gasteiger partial charge in [-0.15, -0.1) is 0 Å². The van der Waals surface area contributed by atoms with Crippen LogP contribution in [0.1, 0.15) is 35.2 Å². The lowest BCUT2D eigenvalue weighted by atomic mass is 9.77. The third-order valence-electron chi connectivity index (χ3n) is 5.57. The van der Waals surface area contributed by atoms with Crippen LogP contribution in [0, 0.1) is 5.92 Å². The summed E-state index contributed by atoms with van der Waals surface area (Å²) in [5, 5.41) is 16.1. The van der Waals surface area contributed by atoms with Crippen LogP contribution < -0.4 is 5.32 Å². The average Bonchev–Trinajstić information content (AvgIpc) is 2.76. The molecule has 1 aliphatic heterocycles. The lowest BCUT2D eigenvalue weighted by molar-refractivity contribution is -0.742. The first-order valence-electron chi connectivity index (χ1n) is 9.55. The Bertz CT molecular complexity index is 878. The molecule has 3 aromatic carbocycles. The molecule has 1 aliphatic rings. The Morgan fingerprint density at radius 2 is 1.33 bits per heavy atom. The number of benzene rings is 3. The number of hydrogen-bond acceptors (Lipinski definition) is 2. The topological polar surface area (TPSA) is 49.2 Å². The van der Waals surface area contributed by atoms with Gasteiger partial charge < -0.3 is 10.5 Å². The predicted octanol–water partition coefficient (Wildman–Crippen LogP) is 4.13. The number of rotatable bonds is 4. The van der Waals surface area contributed by atoms with Gasteiger partial charge in [0, 0.05) is 17.5 Å². The second-order valence-electron chi connectivity index (χ2n) is 7.24. The van der Waals surface area contributed by atoms with Gasteiger partial charge in [-0.25, -0.2) is 0 Å². The van der Waals surface area contributed by atoms with Crippen LogP contribution in [-0.2, 0) is 6.42 Å². The number of oxime groups is 1. The van der Waals surface area contributed by atoms with Crippen LogP contribution in [0.4, 0.5) is 0 Å². The van der Waals surface area contributed by atoms with Gasteiger partial charge in [0.2, 0.25) is 0 Å². The first-order valence-corrected chi connectivity index (χ1v) is 9.55. The molecule has 3 nitrogen and oxygen atoms in total. The van der Waals surface area contributed by atoms with Gasteiger partial charge in [0.05, 0.1) is 11.6 Å². The SMILES string of the molecule is O/N=C1/C[C@@H](c2ccccc2)[NH2+][C@@H](c2ccccc2)[C@@H]1Cc1ccccc1. The second kappa shape index (κ2) is 8.19. The summed E-state index contributed by atoms with van der Waals surface area (Å²) in [7, 11) is 0. The Morgan fingerprint density at radius 3 is 1.93 bits per heavy atom. The standard InChI is InChI=1S/C24H24N2O/c27-26-23-17-22(19-12-6-2-7-13-19)25-24(20-14-8-3-9-15-20)21(23)16-18-10-4-1-5-11-18/h1-15,21-22,24-25,27H,16-17H2/p+1/b26-23-/t21-,22+,24+/m1/s1. The van der Waals surface area contributed by atoms with E-state index >= 15 is 0 Å². The van der Waals surface area contributed by atoms with Gasteiger partial charge in [-0.05, 0) is 12.0 Å². The molecule has 4 rings (SSSR count). The molecule has 0 aromatic heterocycles. The van der Waals surface area contributed by atoms with Gasteiger partial charge in [-0.3, -0.25) is 0 Å². The molecule has 27 heavy (non-hydrogen) atoms. The van der Waals surface area contributed by atoms with Crippen LogP contribution >= 0.6 is 0 Å². The minimum absolute atomic E-state index is 0.166. The Hall–Kier alpha value is -2.91. The maximum atomic E-state index is 9.84. The number of nitrogens with zero attached hydrogens (tertiary/aromatic N) is 1. The molecule has 1 fully saturated rings. The van der Waals surface area contributed by atoms with E-state index in [1.165, 1.54) is 16.7 Å². The predicted molar refractivity (Wildman–Crippen MR) is 108 cm³/mol. The highest BCUT2D eigenvalue weighted by Gasteiger charge is 2.40. The van der Waals surface area contributed by atoms with E-state index < -0.39 is 0 Å². The van der Waals surface area contributed by atoms with Gasteiger partial charge in [-0.2, -0.15) is 0 Å². The number of quaternary nitrogens is 1. The van der Waals surface area contributed by atoms with Crippen LogP contribution in [0.5, 0.6) is 0 Å². The maximum Gasteiger partial charge on any atom is 0.121 e. The highest BCUT2D eigenvalue weighted by atomic mass is 16.4. The largest absolute Gasteiger partial charge is 0.411 e. The monoisotopic (exact) mass is 357 g/mol. The maximum absolute atomic E-state index is 9.84. The average molecular weight is 357 g/mol. The number of nitrogens with two attached hydrogens (primary N) is 1. The fraction of sp³-hybridized carbons (Fsp3) is 0.208. The molecule has 0 aliphatic carbocycles. The smallest absolute Gasteiger partial charge is 0.121 e. The zero-order valence-corrected chi connectivity index (χ0v) is 15.3. The second-order valence-corrected chi connectivity index (χ2v) is 7.24. The molecule has 0 unspecified atom stereocenters. The van der Waals surface area contributed by atoms with Crippen molar-refractivity contribution >= 4 is 5.71 Å². The molecule has 3 heteroatoms. The third-order valence-corrected chi connectivity index (χ3v) is 5.57. The lowest BCUT2D eigenvalue weighted by Gasteiger charge is -2.35. The molecule has 0 saturated carbocycles. The van der Waals surface area contributed by atoms with E-state index in [1.54, 1.807) is 0 Å². The van der Waals surface area contributed by atoms with Gasteiger partial charge in [0.25, 0.3) is 0 Å². The van der Waals surface area contributed by atoms with E-state index in [0.717, 1.165) is 18.6 Å². The summed E-state index contributed by atoms with van der Waals surface area (Å²) in [6, 6.07) is 32.1. The quantitative estimate of drug-likeness (QED) is 0.535. The summed E-state index contributed by atoms with van der Waals surface area (Å²) in [6.45, 7) is 0. The summed E-state index contributed by atoms with van der Waals surface area (Å²) in [6.07, 6.45) is 1.64. The fourth-order valence-corrected chi connectivity index (χ4v) is 4.21. The van der Waals surface area contributed by atoms with Gasteiger partial charge >= 0.3 is 0 Å². The molecular weight excluding hydrogens is 332 g/mol. The first-order chi connectivity index (χ1) is 13.3. The number of hydrogen-bond donors (Lipinski definition) is 2. The van der Waals surface area contributed by atoms with E-state index in [-0.39, 0.29) is 18.0 Å². The molecule has 0 radical (unpaired) electrons. The van der Waals surface area contributed by atoms with Crippen molar-refractivity contribution in [3.05, 3.63) is 108 Å². The summed E-state index contributed by atoms with van der Waals surface area (Å²) in [5.41, 5.74) is 4.72. The van der Waals surface area contributed by atoms with Crippen molar-refractivity contribution in [2.24, 2.45) is 11.1 Å². The van der Waals surface area contributed by atoms with Crippen LogP contribution in [0.15, 0.2) is 96.2 Å². The van der Waals surface area contributed by atoms with E-state index in [1.807, 2.05) is 18.2 Å². The lowest BCUT2D eigenvalue weighted by Crippen LogP contribution is -2.90. The van der Waals surface area contributed by atoms with Crippen LogP contribution in [0.25, 0.3) is 0 Å². The molecule has 0 spiro atoms. The third kappa shape index (κ3) is 3.93. The molecule has 0 bridgehead atoms. The van der Waals surface area contributed by atoms with E-state index in [4.69, 9.17) is 0 Å². The zero-order valence-electron chi connectivity index (χ0n) is 15.3. The van der Waals surface area contributed by atoms with Crippen LogP contribution in [0.2, 0.25) is 0 Å². The highest BCUT2D eigenvalue weighted by Crippen LogP contribution is 2.32. The van der Waals surface area contributed by atoms with Gasteiger partial charge in [0.1, 0.15) is 12.1 Å². The summed E-state index contributed by atoms with van der Waals surface area (Å²) in [4.78, 5) is 0. The minimum atomic E-state index is 0.166. The Balaban J connectivity index is 1.70. The van der Waals surface area contributed by atoms with E-state index in [9.17, 15) is 5.21 Å². The van der Waals surface area contributed by atoms with E-state index in [2.05, 4.69) is 83.3 Å². The van der Waals surface area contributed by atoms with E-state index in [0.29, 0.717) is 0 Å². The molecule has 136 valence electrons. The number of piperidine rings is 1. The molecule has 0 amide bonds. The molecule has 1 saturated heterocycles. The molecule has 1 heterocycles. The summed E-state index contributed by atoms with van der Waals surface area (Å²) < 4.78 is 0. The normalized spacial score (nSPS) is 24.0. The van der Waals surface area contributed by atoms with Gasteiger partial charge in [0.15, 0.2) is 0 Å². The van der Waals surface area contributed by atoms with Crippen molar-refractivity contribution in [3.8, 4) is 0 Å². The molecule has 3 aromatic rings. The Labute approximate surface area is 160 Å². The van der Waals surface area contributed by atoms with Gasteiger partial charge in [-0.1, -0.05) is 96.2 Å². The molecule has 3 atom stereocenters. The zero-order chi connectivity index (χ0) is 18.5. The first kappa shape index (κ1) is 17.5.